The van der Waals surface area contributed by atoms with Gasteiger partial charge in [-0.15, -0.1) is 0 Å². The van der Waals surface area contributed by atoms with Crippen molar-refractivity contribution in [3.8, 4) is 0 Å². The Morgan fingerprint density at radius 1 is 1.50 bits per heavy atom. The summed E-state index contributed by atoms with van der Waals surface area (Å²) in [5, 5.41) is 19.8. The Bertz CT molecular complexity index is 427. The average molecular weight is 221 g/mol. The van der Waals surface area contributed by atoms with Gasteiger partial charge in [-0.3, -0.25) is 4.79 Å². The van der Waals surface area contributed by atoms with Gasteiger partial charge >= 0.3 is 0 Å². The zero-order valence-electron chi connectivity index (χ0n) is 9.45. The number of nitrogens with one attached hydrogen (secondary N) is 1. The predicted molar refractivity (Wildman–Crippen MR) is 58.0 cm³/mol. The van der Waals surface area contributed by atoms with E-state index in [2.05, 4.69) is 15.5 Å². The molecule has 0 unspecified atom stereocenters. The van der Waals surface area contributed by atoms with Gasteiger partial charge in [0, 0.05) is 0 Å². The standard InChI is InChI=1S/C11H15N3O2/c1-7-5-9(8(2)14-13-7)10(16)12-11(6-15)3-4-11/h5,15H,3-4,6H2,1-2H3,(H,12,16). The van der Waals surface area contributed by atoms with E-state index in [1.807, 2.05) is 0 Å². The lowest BCUT2D eigenvalue weighted by molar-refractivity contribution is 0.0905. The second-order valence-corrected chi connectivity index (χ2v) is 4.38. The summed E-state index contributed by atoms with van der Waals surface area (Å²) in [6.07, 6.45) is 1.68. The summed E-state index contributed by atoms with van der Waals surface area (Å²) >= 11 is 0. The first kappa shape index (κ1) is 11.0. The number of aliphatic hydroxyl groups excluding tert-OH is 1. The van der Waals surface area contributed by atoms with Gasteiger partial charge in [-0.1, -0.05) is 0 Å². The van der Waals surface area contributed by atoms with E-state index in [9.17, 15) is 4.79 Å². The molecule has 5 heteroatoms. The first-order valence-corrected chi connectivity index (χ1v) is 5.31. The van der Waals surface area contributed by atoms with E-state index in [0.717, 1.165) is 12.8 Å². The van der Waals surface area contributed by atoms with Gasteiger partial charge in [-0.05, 0) is 32.8 Å². The van der Waals surface area contributed by atoms with Gasteiger partial charge in [0.25, 0.3) is 5.91 Å². The topological polar surface area (TPSA) is 75.1 Å². The molecule has 0 saturated heterocycles. The molecular weight excluding hydrogens is 206 g/mol. The highest BCUT2D eigenvalue weighted by molar-refractivity contribution is 5.95. The summed E-state index contributed by atoms with van der Waals surface area (Å²) in [5.74, 6) is -0.179. The molecule has 2 rings (SSSR count). The van der Waals surface area contributed by atoms with E-state index < -0.39 is 0 Å². The Balaban J connectivity index is 2.17. The molecule has 1 saturated carbocycles. The maximum atomic E-state index is 11.9. The van der Waals surface area contributed by atoms with Crippen molar-refractivity contribution in [1.29, 1.82) is 0 Å². The van der Waals surface area contributed by atoms with Crippen LogP contribution in [0.15, 0.2) is 6.07 Å². The van der Waals surface area contributed by atoms with Gasteiger partial charge in [0.2, 0.25) is 0 Å². The van der Waals surface area contributed by atoms with E-state index in [1.165, 1.54) is 0 Å². The zero-order chi connectivity index (χ0) is 11.8. The Kier molecular flexibility index (Phi) is 2.63. The Labute approximate surface area is 93.9 Å². The molecule has 1 aliphatic rings. The maximum Gasteiger partial charge on any atom is 0.253 e. The second-order valence-electron chi connectivity index (χ2n) is 4.38. The minimum absolute atomic E-state index is 0.00468. The monoisotopic (exact) mass is 221 g/mol. The first-order valence-electron chi connectivity index (χ1n) is 5.31. The lowest BCUT2D eigenvalue weighted by atomic mass is 10.1. The zero-order valence-corrected chi connectivity index (χ0v) is 9.45. The molecule has 0 aromatic carbocycles. The Morgan fingerprint density at radius 3 is 2.75 bits per heavy atom. The van der Waals surface area contributed by atoms with Crippen LogP contribution in [0.25, 0.3) is 0 Å². The summed E-state index contributed by atoms with van der Waals surface area (Å²) < 4.78 is 0. The van der Waals surface area contributed by atoms with E-state index in [0.29, 0.717) is 17.0 Å². The van der Waals surface area contributed by atoms with Crippen LogP contribution in [0.2, 0.25) is 0 Å². The summed E-state index contributed by atoms with van der Waals surface area (Å²) in [7, 11) is 0. The van der Waals surface area contributed by atoms with E-state index in [4.69, 9.17) is 5.11 Å². The minimum atomic E-state index is -0.388. The molecule has 86 valence electrons. The van der Waals surface area contributed by atoms with Crippen molar-refractivity contribution in [1.82, 2.24) is 15.5 Å². The van der Waals surface area contributed by atoms with Gasteiger partial charge in [0.1, 0.15) is 0 Å². The predicted octanol–water partition coefficient (Wildman–Crippen LogP) is 0.348. The molecule has 0 radical (unpaired) electrons. The van der Waals surface area contributed by atoms with Crippen LogP contribution in [0, 0.1) is 13.8 Å². The third kappa shape index (κ3) is 2.04. The minimum Gasteiger partial charge on any atom is -0.394 e. The number of hydrogen-bond donors (Lipinski definition) is 2. The third-order valence-corrected chi connectivity index (χ3v) is 2.88. The number of nitrogens with zero attached hydrogens (tertiary/aromatic N) is 2. The smallest absolute Gasteiger partial charge is 0.253 e. The molecule has 2 N–H and O–H groups in total. The van der Waals surface area contributed by atoms with Crippen LogP contribution in [-0.2, 0) is 0 Å². The maximum absolute atomic E-state index is 11.9. The molecule has 0 bridgehead atoms. The summed E-state index contributed by atoms with van der Waals surface area (Å²) in [6, 6.07) is 1.71. The van der Waals surface area contributed by atoms with Crippen molar-refractivity contribution in [3.05, 3.63) is 23.0 Å². The molecule has 1 aromatic heterocycles. The number of rotatable bonds is 3. The fraction of sp³-hybridized carbons (Fsp3) is 0.545. The van der Waals surface area contributed by atoms with E-state index in [-0.39, 0.29) is 18.1 Å². The highest BCUT2D eigenvalue weighted by atomic mass is 16.3. The SMILES string of the molecule is Cc1cc(C(=O)NC2(CO)CC2)c(C)nn1. The molecule has 1 aromatic rings. The summed E-state index contributed by atoms with van der Waals surface area (Å²) in [5.41, 5.74) is 1.47. The lowest BCUT2D eigenvalue weighted by Crippen LogP contribution is -2.40. The van der Waals surface area contributed by atoms with Crippen molar-refractivity contribution in [3.63, 3.8) is 0 Å². The molecule has 1 aliphatic carbocycles. The second kappa shape index (κ2) is 3.83. The Morgan fingerprint density at radius 2 is 2.19 bits per heavy atom. The van der Waals surface area contributed by atoms with Gasteiger partial charge < -0.3 is 10.4 Å². The summed E-state index contributed by atoms with van der Waals surface area (Å²) in [6.45, 7) is 3.54. The van der Waals surface area contributed by atoms with Crippen molar-refractivity contribution >= 4 is 5.91 Å². The van der Waals surface area contributed by atoms with Crippen molar-refractivity contribution in [2.75, 3.05) is 6.61 Å². The van der Waals surface area contributed by atoms with Crippen LogP contribution in [0.5, 0.6) is 0 Å². The van der Waals surface area contributed by atoms with Crippen molar-refractivity contribution in [2.24, 2.45) is 0 Å². The van der Waals surface area contributed by atoms with Crippen LogP contribution in [-0.4, -0.2) is 33.4 Å². The molecule has 5 nitrogen and oxygen atoms in total. The fourth-order valence-electron chi connectivity index (χ4n) is 1.56. The Hall–Kier alpha value is -1.49. The van der Waals surface area contributed by atoms with Gasteiger partial charge in [-0.2, -0.15) is 10.2 Å². The van der Waals surface area contributed by atoms with Gasteiger partial charge in [0.15, 0.2) is 0 Å². The van der Waals surface area contributed by atoms with Crippen LogP contribution in [0.3, 0.4) is 0 Å². The molecule has 1 fully saturated rings. The third-order valence-electron chi connectivity index (χ3n) is 2.88. The van der Waals surface area contributed by atoms with Crippen LogP contribution in [0.1, 0.15) is 34.6 Å². The van der Waals surface area contributed by atoms with Crippen molar-refractivity contribution < 1.29 is 9.90 Å². The first-order chi connectivity index (χ1) is 7.56. The van der Waals surface area contributed by atoms with E-state index in [1.54, 1.807) is 19.9 Å². The number of carbonyl (C=O) groups is 1. The number of aliphatic hydroxyl groups is 1. The van der Waals surface area contributed by atoms with Crippen molar-refractivity contribution in [2.45, 2.75) is 32.2 Å². The molecule has 0 atom stereocenters. The number of carbonyl (C=O) groups excluding carboxylic acids is 1. The van der Waals surface area contributed by atoms with Crippen LogP contribution in [0.4, 0.5) is 0 Å². The lowest BCUT2D eigenvalue weighted by Gasteiger charge is -2.14. The molecule has 0 aliphatic heterocycles. The summed E-state index contributed by atoms with van der Waals surface area (Å²) in [4.78, 5) is 11.9. The fourth-order valence-corrected chi connectivity index (χ4v) is 1.56. The molecule has 0 spiro atoms. The highest BCUT2D eigenvalue weighted by Crippen LogP contribution is 2.34. The van der Waals surface area contributed by atoms with Crippen LogP contribution < -0.4 is 5.32 Å². The number of hydrogen-bond acceptors (Lipinski definition) is 4. The largest absolute Gasteiger partial charge is 0.394 e. The molecule has 16 heavy (non-hydrogen) atoms. The van der Waals surface area contributed by atoms with Gasteiger partial charge in [0.05, 0.1) is 29.1 Å². The number of aryl methyl sites for hydroxylation is 2. The van der Waals surface area contributed by atoms with E-state index >= 15 is 0 Å². The highest BCUT2D eigenvalue weighted by Gasteiger charge is 2.43. The normalized spacial score (nSPS) is 16.9. The number of amides is 1. The average Bonchev–Trinajstić information content (AvgIpc) is 3.02. The number of aromatic nitrogens is 2. The molecular formula is C11H15N3O2. The molecule has 1 heterocycles. The quantitative estimate of drug-likeness (QED) is 0.772. The van der Waals surface area contributed by atoms with Crippen LogP contribution >= 0.6 is 0 Å². The molecule has 1 amide bonds. The van der Waals surface area contributed by atoms with Gasteiger partial charge in [-0.25, -0.2) is 0 Å².